The number of amides is 2. The zero-order valence-electron chi connectivity index (χ0n) is 29.9. The summed E-state index contributed by atoms with van der Waals surface area (Å²) in [4.78, 5) is 50.6. The van der Waals surface area contributed by atoms with Gasteiger partial charge in [0, 0.05) is 32.4 Å². The number of para-hydroxylation sites is 1. The van der Waals surface area contributed by atoms with Crippen LogP contribution in [0.3, 0.4) is 0 Å². The summed E-state index contributed by atoms with van der Waals surface area (Å²) in [6.45, 7) is 7.70. The number of nitrogens with zero attached hydrogens (tertiary/aromatic N) is 5. The molecule has 1 aliphatic carbocycles. The maximum atomic E-state index is 13.3. The second-order valence-corrected chi connectivity index (χ2v) is 18.4. The molecule has 1 aromatic heterocycles. The maximum absolute atomic E-state index is 13.3. The highest BCUT2D eigenvalue weighted by atomic mass is 28.4. The number of carbonyl (C=O) groups is 2. The molecule has 10 heteroatoms. The topological polar surface area (TPSA) is 92.2 Å². The van der Waals surface area contributed by atoms with Crippen molar-refractivity contribution in [3.05, 3.63) is 78.5 Å². The predicted molar refractivity (Wildman–Crippen MR) is 211 cm³/mol. The van der Waals surface area contributed by atoms with Crippen molar-refractivity contribution in [3.63, 3.8) is 0 Å². The van der Waals surface area contributed by atoms with E-state index in [4.69, 9.17) is 0 Å². The molecule has 3 fully saturated rings. The predicted octanol–water partition coefficient (Wildman–Crippen LogP) is 6.17. The standard InChI is InChI=1S/C20H23N5O2.C20H33NOSi.CH4/c1-23-9-11-24(12-10-23)14-19(27)25-17-7-3-2-5-15(17)13-18(26)22-16-6-4-8-21-20(16)25;22-23(19-11-4-1-5-12-19,20-13-6-2-7-14-20)18-10-17-21-15-8-3-9-16-21;/h2-8H,9-14H2,1H3,(H,22,26);1,4-5,11-12,20,22H,2-3,6-10,13-18H2;1H4. The summed E-state index contributed by atoms with van der Waals surface area (Å²) in [5.41, 5.74) is 2.69. The van der Waals surface area contributed by atoms with Crippen molar-refractivity contribution in [1.82, 2.24) is 19.7 Å². The van der Waals surface area contributed by atoms with E-state index in [0.29, 0.717) is 23.6 Å². The number of hydrogen-bond donors (Lipinski definition) is 2. The van der Waals surface area contributed by atoms with Gasteiger partial charge in [0.2, 0.25) is 20.1 Å². The molecular weight excluding hydrogens is 653 g/mol. The summed E-state index contributed by atoms with van der Waals surface area (Å²) in [5.74, 6) is 0.322. The molecule has 51 heavy (non-hydrogen) atoms. The van der Waals surface area contributed by atoms with Crippen LogP contribution in [0.15, 0.2) is 72.9 Å². The quantitative estimate of drug-likeness (QED) is 0.270. The molecule has 3 aliphatic heterocycles. The van der Waals surface area contributed by atoms with Crippen molar-refractivity contribution in [1.29, 1.82) is 0 Å². The normalized spacial score (nSPS) is 20.2. The van der Waals surface area contributed by atoms with E-state index in [1.807, 2.05) is 24.3 Å². The molecule has 0 radical (unpaired) electrons. The molecule has 1 unspecified atom stereocenters. The van der Waals surface area contributed by atoms with Crippen molar-refractivity contribution in [2.75, 3.05) is 69.6 Å². The first-order chi connectivity index (χ1) is 24.4. The number of piperidine rings is 1. The average Bonchev–Trinajstić information content (AvgIpc) is 3.15. The van der Waals surface area contributed by atoms with Crippen LogP contribution in [-0.2, 0) is 16.0 Å². The van der Waals surface area contributed by atoms with Gasteiger partial charge < -0.3 is 19.9 Å². The van der Waals surface area contributed by atoms with Crippen LogP contribution in [0.25, 0.3) is 0 Å². The summed E-state index contributed by atoms with van der Waals surface area (Å²) in [7, 11) is -0.242. The van der Waals surface area contributed by atoms with E-state index in [1.54, 1.807) is 23.2 Å². The molecule has 4 heterocycles. The number of piperazine rings is 1. The van der Waals surface area contributed by atoms with Gasteiger partial charge in [-0.15, -0.1) is 0 Å². The highest BCUT2D eigenvalue weighted by Crippen LogP contribution is 2.38. The number of pyridine rings is 1. The molecule has 2 N–H and O–H groups in total. The first kappa shape index (κ1) is 38.8. The first-order valence-corrected chi connectivity index (χ1v) is 21.2. The van der Waals surface area contributed by atoms with Gasteiger partial charge in [-0.05, 0) is 86.5 Å². The molecule has 1 atom stereocenters. The van der Waals surface area contributed by atoms with Crippen LogP contribution in [-0.4, -0.2) is 104 Å². The number of benzene rings is 2. The van der Waals surface area contributed by atoms with E-state index in [2.05, 4.69) is 62.4 Å². The summed E-state index contributed by atoms with van der Waals surface area (Å²) in [6, 6.07) is 22.8. The SMILES string of the molecule is C.CN1CCN(CC(=O)N2c3ccccc3CC(=O)Nc3cccnc32)CC1.O[Si](CCCN1CCCCC1)(c1ccccc1)C1CCCCC1. The lowest BCUT2D eigenvalue weighted by Gasteiger charge is -2.37. The van der Waals surface area contributed by atoms with Gasteiger partial charge in [-0.25, -0.2) is 4.98 Å². The van der Waals surface area contributed by atoms with Crippen LogP contribution >= 0.6 is 0 Å². The monoisotopic (exact) mass is 712 g/mol. The second-order valence-electron chi connectivity index (χ2n) is 14.7. The molecule has 0 spiro atoms. The van der Waals surface area contributed by atoms with Crippen LogP contribution < -0.4 is 15.4 Å². The third-order valence-corrected chi connectivity index (χ3v) is 15.5. The second kappa shape index (κ2) is 18.9. The smallest absolute Gasteiger partial charge is 0.246 e. The van der Waals surface area contributed by atoms with Gasteiger partial charge in [-0.1, -0.05) is 94.5 Å². The van der Waals surface area contributed by atoms with Gasteiger partial charge in [0.25, 0.3) is 0 Å². The molecule has 0 bridgehead atoms. The van der Waals surface area contributed by atoms with Crippen molar-refractivity contribution < 1.29 is 14.4 Å². The Morgan fingerprint density at radius 2 is 1.53 bits per heavy atom. The Kier molecular flexibility index (Phi) is 14.4. The molecule has 2 saturated heterocycles. The van der Waals surface area contributed by atoms with Gasteiger partial charge in [0.1, 0.15) is 0 Å². The summed E-state index contributed by atoms with van der Waals surface area (Å²) in [5, 5.41) is 4.16. The molecule has 276 valence electrons. The maximum Gasteiger partial charge on any atom is 0.246 e. The number of aromatic nitrogens is 1. The van der Waals surface area contributed by atoms with E-state index in [1.165, 1.54) is 82.6 Å². The number of anilines is 3. The van der Waals surface area contributed by atoms with Crippen molar-refractivity contribution in [2.24, 2.45) is 0 Å². The molecule has 9 nitrogen and oxygen atoms in total. The van der Waals surface area contributed by atoms with Crippen molar-refractivity contribution in [3.8, 4) is 0 Å². The summed E-state index contributed by atoms with van der Waals surface area (Å²) in [6.07, 6.45) is 13.7. The molecule has 2 aromatic carbocycles. The third-order valence-electron chi connectivity index (χ3n) is 11.1. The molecule has 4 aliphatic rings. The Morgan fingerprint density at radius 3 is 2.27 bits per heavy atom. The molecule has 1 saturated carbocycles. The number of carbonyl (C=O) groups excluding carboxylic acids is 2. The minimum Gasteiger partial charge on any atom is -0.427 e. The van der Waals surface area contributed by atoms with E-state index >= 15 is 0 Å². The van der Waals surface area contributed by atoms with Gasteiger partial charge in [0.15, 0.2) is 5.82 Å². The largest absolute Gasteiger partial charge is 0.427 e. The molecule has 7 rings (SSSR count). The Hall–Kier alpha value is -3.41. The zero-order valence-corrected chi connectivity index (χ0v) is 30.9. The third kappa shape index (κ3) is 10.1. The fourth-order valence-corrected chi connectivity index (χ4v) is 12.2. The van der Waals surface area contributed by atoms with Gasteiger partial charge >= 0.3 is 0 Å². The Morgan fingerprint density at radius 1 is 0.843 bits per heavy atom. The Bertz CT molecular complexity index is 1490. The lowest BCUT2D eigenvalue weighted by atomic mass is 10.0. The molecule has 2 amide bonds. The number of nitrogens with one attached hydrogen (secondary N) is 1. The summed E-state index contributed by atoms with van der Waals surface area (Å²) >= 11 is 0. The van der Waals surface area contributed by atoms with Crippen LogP contribution in [0.5, 0.6) is 0 Å². The van der Waals surface area contributed by atoms with Crippen LogP contribution in [0, 0.1) is 0 Å². The minimum absolute atomic E-state index is 0. The Balaban J connectivity index is 0.000000196. The number of likely N-dealkylation sites (tertiary alicyclic amines) is 1. The average molecular weight is 713 g/mol. The highest BCUT2D eigenvalue weighted by Gasteiger charge is 2.41. The molecular formula is C41H60N6O3Si. The highest BCUT2D eigenvalue weighted by molar-refractivity contribution is 6.86. The van der Waals surface area contributed by atoms with Gasteiger partial charge in [-0.3, -0.25) is 19.4 Å². The van der Waals surface area contributed by atoms with Crippen LogP contribution in [0.1, 0.15) is 70.8 Å². The van der Waals surface area contributed by atoms with Crippen molar-refractivity contribution in [2.45, 2.75) is 83.2 Å². The van der Waals surface area contributed by atoms with E-state index in [9.17, 15) is 14.4 Å². The fourth-order valence-electron chi connectivity index (χ4n) is 8.20. The number of hydrogen-bond acceptors (Lipinski definition) is 7. The van der Waals surface area contributed by atoms with E-state index in [0.717, 1.165) is 43.5 Å². The van der Waals surface area contributed by atoms with Crippen molar-refractivity contribution >= 4 is 42.5 Å². The number of likely N-dealkylation sites (N-methyl/N-ethyl adjacent to an activating group) is 1. The Labute approximate surface area is 307 Å². The van der Waals surface area contributed by atoms with Gasteiger partial charge in [-0.2, -0.15) is 0 Å². The lowest BCUT2D eigenvalue weighted by Crippen LogP contribution is -2.53. The minimum atomic E-state index is -2.34. The van der Waals surface area contributed by atoms with E-state index in [-0.39, 0.29) is 25.7 Å². The zero-order chi connectivity index (χ0) is 34.8. The number of fused-ring (bicyclic) bond motifs is 2. The summed E-state index contributed by atoms with van der Waals surface area (Å²) < 4.78 is 0. The first-order valence-electron chi connectivity index (χ1n) is 19.0. The van der Waals surface area contributed by atoms with Gasteiger partial charge in [0.05, 0.1) is 24.3 Å². The lowest BCUT2D eigenvalue weighted by molar-refractivity contribution is -0.119. The van der Waals surface area contributed by atoms with Crippen LogP contribution in [0.4, 0.5) is 17.2 Å². The molecule has 3 aromatic rings. The van der Waals surface area contributed by atoms with E-state index < -0.39 is 8.32 Å². The van der Waals surface area contributed by atoms with Crippen LogP contribution in [0.2, 0.25) is 11.6 Å². The fraction of sp³-hybridized carbons (Fsp3) is 0.537. The number of rotatable bonds is 8.